The van der Waals surface area contributed by atoms with Gasteiger partial charge in [0.25, 0.3) is 0 Å². The van der Waals surface area contributed by atoms with Crippen LogP contribution < -0.4 is 0 Å². The number of aliphatic carboxylic acids is 1. The van der Waals surface area contributed by atoms with Gasteiger partial charge in [0.1, 0.15) is 0 Å². The summed E-state index contributed by atoms with van der Waals surface area (Å²) in [5.41, 5.74) is 0. The largest absolute Gasteiger partial charge is 0.481 e. The van der Waals surface area contributed by atoms with Gasteiger partial charge in [-0.25, -0.2) is 0 Å². The number of nitrogens with zero attached hydrogens (tertiary/aromatic N) is 2. The summed E-state index contributed by atoms with van der Waals surface area (Å²) in [6.45, 7) is 4.50. The maximum atomic E-state index is 12.4. The number of carbonyl (C=O) groups is 2. The zero-order valence-electron chi connectivity index (χ0n) is 11.7. The van der Waals surface area contributed by atoms with Gasteiger partial charge in [0.15, 0.2) is 0 Å². The first kappa shape index (κ1) is 14.3. The minimum atomic E-state index is -0.766. The number of carbonyl (C=O) groups excluding carboxylic acids is 1. The smallest absolute Gasteiger partial charge is 0.304 e. The second-order valence-electron chi connectivity index (χ2n) is 5.69. The van der Waals surface area contributed by atoms with Crippen molar-refractivity contribution in [2.75, 3.05) is 19.6 Å². The number of piperidine rings is 1. The molecule has 0 spiro atoms. The van der Waals surface area contributed by atoms with Gasteiger partial charge in [-0.05, 0) is 39.2 Å². The van der Waals surface area contributed by atoms with Crippen molar-refractivity contribution in [1.29, 1.82) is 0 Å². The summed E-state index contributed by atoms with van der Waals surface area (Å²) in [6.07, 6.45) is 5.36. The standard InChI is InChI=1S/C14H24N2O3/c1-11(14(19)15-7-4-5-8-15)16-9-3-2-6-12(16)10-13(17)18/h11-12H,2-10H2,1H3,(H,17,18). The first-order valence-corrected chi connectivity index (χ1v) is 7.36. The summed E-state index contributed by atoms with van der Waals surface area (Å²) in [4.78, 5) is 27.4. The topological polar surface area (TPSA) is 60.9 Å². The van der Waals surface area contributed by atoms with Crippen LogP contribution in [0.4, 0.5) is 0 Å². The van der Waals surface area contributed by atoms with Crippen molar-refractivity contribution in [1.82, 2.24) is 9.80 Å². The monoisotopic (exact) mass is 268 g/mol. The highest BCUT2D eigenvalue weighted by molar-refractivity contribution is 5.81. The molecule has 1 N–H and O–H groups in total. The van der Waals surface area contributed by atoms with E-state index < -0.39 is 5.97 Å². The third-order valence-electron chi connectivity index (χ3n) is 4.36. The number of carboxylic acid groups (broad SMARTS) is 1. The Morgan fingerprint density at radius 2 is 1.79 bits per heavy atom. The molecule has 2 rings (SSSR count). The van der Waals surface area contributed by atoms with Crippen LogP contribution in [0.5, 0.6) is 0 Å². The summed E-state index contributed by atoms with van der Waals surface area (Å²) < 4.78 is 0. The molecule has 2 unspecified atom stereocenters. The SMILES string of the molecule is CC(C(=O)N1CCCC1)N1CCCCC1CC(=O)O. The van der Waals surface area contributed by atoms with E-state index in [4.69, 9.17) is 5.11 Å². The summed E-state index contributed by atoms with van der Waals surface area (Å²) >= 11 is 0. The molecule has 2 fully saturated rings. The lowest BCUT2D eigenvalue weighted by Crippen LogP contribution is -2.52. The number of rotatable bonds is 4. The van der Waals surface area contributed by atoms with Crippen LogP contribution in [0.15, 0.2) is 0 Å². The lowest BCUT2D eigenvalue weighted by molar-refractivity contribution is -0.142. The number of carboxylic acids is 1. The van der Waals surface area contributed by atoms with Crippen molar-refractivity contribution >= 4 is 11.9 Å². The molecule has 2 heterocycles. The van der Waals surface area contributed by atoms with Gasteiger partial charge in [-0.15, -0.1) is 0 Å². The van der Waals surface area contributed by atoms with E-state index in [1.165, 1.54) is 0 Å². The molecule has 1 amide bonds. The molecule has 0 bridgehead atoms. The fourth-order valence-electron chi connectivity index (χ4n) is 3.30. The lowest BCUT2D eigenvalue weighted by atomic mass is 9.97. The molecule has 0 saturated carbocycles. The number of likely N-dealkylation sites (tertiary alicyclic amines) is 2. The van der Waals surface area contributed by atoms with Crippen molar-refractivity contribution in [3.63, 3.8) is 0 Å². The van der Waals surface area contributed by atoms with Crippen LogP contribution >= 0.6 is 0 Å². The average Bonchev–Trinajstić information content (AvgIpc) is 2.91. The molecule has 5 nitrogen and oxygen atoms in total. The second kappa shape index (κ2) is 6.37. The third kappa shape index (κ3) is 3.47. The Morgan fingerprint density at radius 3 is 2.42 bits per heavy atom. The Bertz CT molecular complexity index is 340. The zero-order valence-corrected chi connectivity index (χ0v) is 11.7. The first-order chi connectivity index (χ1) is 9.09. The molecule has 0 aromatic rings. The molecule has 5 heteroatoms. The third-order valence-corrected chi connectivity index (χ3v) is 4.36. The molecule has 2 atom stereocenters. The first-order valence-electron chi connectivity index (χ1n) is 7.36. The van der Waals surface area contributed by atoms with Gasteiger partial charge in [-0.3, -0.25) is 14.5 Å². The van der Waals surface area contributed by atoms with E-state index in [9.17, 15) is 9.59 Å². The summed E-state index contributed by atoms with van der Waals surface area (Å²) in [7, 11) is 0. The highest BCUT2D eigenvalue weighted by Gasteiger charge is 2.34. The normalized spacial score (nSPS) is 26.4. The average molecular weight is 268 g/mol. The summed E-state index contributed by atoms with van der Waals surface area (Å²) in [5.74, 6) is -0.590. The Labute approximate surface area is 114 Å². The quantitative estimate of drug-likeness (QED) is 0.835. The number of hydrogen-bond acceptors (Lipinski definition) is 3. The molecular weight excluding hydrogens is 244 g/mol. The number of amides is 1. The van der Waals surface area contributed by atoms with E-state index in [-0.39, 0.29) is 24.4 Å². The van der Waals surface area contributed by atoms with E-state index in [0.29, 0.717) is 0 Å². The van der Waals surface area contributed by atoms with Gasteiger partial charge in [0, 0.05) is 19.1 Å². The molecule has 108 valence electrons. The van der Waals surface area contributed by atoms with E-state index in [1.807, 2.05) is 11.8 Å². The van der Waals surface area contributed by atoms with Crippen LogP contribution in [-0.4, -0.2) is 58.5 Å². The summed E-state index contributed by atoms with van der Waals surface area (Å²) in [6, 6.07) is -0.157. The van der Waals surface area contributed by atoms with E-state index in [1.54, 1.807) is 0 Å². The van der Waals surface area contributed by atoms with Crippen LogP contribution in [0, 0.1) is 0 Å². The molecule has 0 aliphatic carbocycles. The Hall–Kier alpha value is -1.10. The fraction of sp³-hybridized carbons (Fsp3) is 0.857. The van der Waals surface area contributed by atoms with Gasteiger partial charge >= 0.3 is 5.97 Å². The van der Waals surface area contributed by atoms with Gasteiger partial charge in [-0.1, -0.05) is 6.42 Å². The van der Waals surface area contributed by atoms with Crippen molar-refractivity contribution in [2.24, 2.45) is 0 Å². The molecule has 0 radical (unpaired) electrons. The fourth-order valence-corrected chi connectivity index (χ4v) is 3.30. The Balaban J connectivity index is 1.99. The van der Waals surface area contributed by atoms with E-state index >= 15 is 0 Å². The van der Waals surface area contributed by atoms with Crippen LogP contribution in [0.1, 0.15) is 45.4 Å². The summed E-state index contributed by atoms with van der Waals surface area (Å²) in [5, 5.41) is 8.99. The van der Waals surface area contributed by atoms with Crippen molar-refractivity contribution in [3.8, 4) is 0 Å². The highest BCUT2D eigenvalue weighted by atomic mass is 16.4. The maximum absolute atomic E-state index is 12.4. The van der Waals surface area contributed by atoms with Gasteiger partial charge < -0.3 is 10.0 Å². The zero-order chi connectivity index (χ0) is 13.8. The Kier molecular flexibility index (Phi) is 4.80. The lowest BCUT2D eigenvalue weighted by Gasteiger charge is -2.39. The van der Waals surface area contributed by atoms with Gasteiger partial charge in [-0.2, -0.15) is 0 Å². The van der Waals surface area contributed by atoms with Crippen LogP contribution in [0.25, 0.3) is 0 Å². The second-order valence-corrected chi connectivity index (χ2v) is 5.69. The molecule has 2 aliphatic rings. The van der Waals surface area contributed by atoms with E-state index in [2.05, 4.69) is 4.90 Å². The predicted octanol–water partition coefficient (Wildman–Crippen LogP) is 1.33. The van der Waals surface area contributed by atoms with Crippen LogP contribution in [0.2, 0.25) is 0 Å². The predicted molar refractivity (Wildman–Crippen MR) is 71.9 cm³/mol. The minimum absolute atomic E-state index is 0.0211. The molecule has 2 saturated heterocycles. The highest BCUT2D eigenvalue weighted by Crippen LogP contribution is 2.23. The van der Waals surface area contributed by atoms with Gasteiger partial charge in [0.2, 0.25) is 5.91 Å². The van der Waals surface area contributed by atoms with Crippen LogP contribution in [-0.2, 0) is 9.59 Å². The molecule has 0 aromatic heterocycles. The van der Waals surface area contributed by atoms with Gasteiger partial charge in [0.05, 0.1) is 12.5 Å². The molecule has 0 aromatic carbocycles. The maximum Gasteiger partial charge on any atom is 0.304 e. The molecule has 2 aliphatic heterocycles. The van der Waals surface area contributed by atoms with Crippen molar-refractivity contribution < 1.29 is 14.7 Å². The molecular formula is C14H24N2O3. The van der Waals surface area contributed by atoms with Crippen molar-refractivity contribution in [2.45, 2.75) is 57.5 Å². The van der Waals surface area contributed by atoms with Crippen LogP contribution in [0.3, 0.4) is 0 Å². The Morgan fingerprint density at radius 1 is 1.16 bits per heavy atom. The molecule has 19 heavy (non-hydrogen) atoms. The van der Waals surface area contributed by atoms with E-state index in [0.717, 1.165) is 51.7 Å². The number of hydrogen-bond donors (Lipinski definition) is 1. The van der Waals surface area contributed by atoms with Crippen molar-refractivity contribution in [3.05, 3.63) is 0 Å². The minimum Gasteiger partial charge on any atom is -0.481 e.